The van der Waals surface area contributed by atoms with Crippen LogP contribution in [-0.4, -0.2) is 49.1 Å². The van der Waals surface area contributed by atoms with Gasteiger partial charge in [-0.1, -0.05) is 19.8 Å². The van der Waals surface area contributed by atoms with E-state index in [0.717, 1.165) is 32.4 Å². The molecule has 1 aliphatic carbocycles. The predicted molar refractivity (Wildman–Crippen MR) is 78.2 cm³/mol. The molecule has 2 rings (SSSR count). The standard InChI is InChI=1S/C15H29N3O/c1-4-15(10-7-11-17-15)13(19)16-12-14(18(2)3)8-5-6-9-14/h17H,4-12H2,1-3H3,(H,16,19). The molecule has 2 fully saturated rings. The Balaban J connectivity index is 1.95. The summed E-state index contributed by atoms with van der Waals surface area (Å²) in [6, 6.07) is 0. The van der Waals surface area contributed by atoms with Gasteiger partial charge >= 0.3 is 0 Å². The Labute approximate surface area is 117 Å². The van der Waals surface area contributed by atoms with E-state index in [4.69, 9.17) is 0 Å². The molecule has 0 radical (unpaired) electrons. The highest BCUT2D eigenvalue weighted by molar-refractivity contribution is 5.86. The fourth-order valence-electron chi connectivity index (χ4n) is 3.69. The molecule has 0 aromatic carbocycles. The van der Waals surface area contributed by atoms with Gasteiger partial charge in [0.15, 0.2) is 0 Å². The lowest BCUT2D eigenvalue weighted by Gasteiger charge is -2.38. The minimum absolute atomic E-state index is 0.184. The van der Waals surface area contributed by atoms with E-state index in [1.165, 1.54) is 25.7 Å². The highest BCUT2D eigenvalue weighted by atomic mass is 16.2. The summed E-state index contributed by atoms with van der Waals surface area (Å²) in [6.45, 7) is 3.87. The molecular weight excluding hydrogens is 238 g/mol. The van der Waals surface area contributed by atoms with Gasteiger partial charge in [-0.3, -0.25) is 4.79 Å². The number of nitrogens with zero attached hydrogens (tertiary/aromatic N) is 1. The van der Waals surface area contributed by atoms with E-state index in [-0.39, 0.29) is 17.0 Å². The number of carbonyl (C=O) groups excluding carboxylic acids is 1. The molecule has 0 bridgehead atoms. The zero-order chi connectivity index (χ0) is 13.9. The van der Waals surface area contributed by atoms with Crippen molar-refractivity contribution in [3.05, 3.63) is 0 Å². The molecule has 1 heterocycles. The highest BCUT2D eigenvalue weighted by Crippen LogP contribution is 2.33. The van der Waals surface area contributed by atoms with Crippen molar-refractivity contribution < 1.29 is 4.79 Å². The first-order valence-electron chi connectivity index (χ1n) is 7.75. The van der Waals surface area contributed by atoms with Crippen molar-refractivity contribution in [2.45, 2.75) is 62.9 Å². The predicted octanol–water partition coefficient (Wildman–Crippen LogP) is 1.51. The molecule has 110 valence electrons. The van der Waals surface area contributed by atoms with Crippen LogP contribution in [0.3, 0.4) is 0 Å². The van der Waals surface area contributed by atoms with Gasteiger partial charge in [0.2, 0.25) is 5.91 Å². The van der Waals surface area contributed by atoms with Crippen molar-refractivity contribution in [3.63, 3.8) is 0 Å². The Morgan fingerprint density at radius 3 is 2.37 bits per heavy atom. The van der Waals surface area contributed by atoms with Gasteiger partial charge in [0.25, 0.3) is 0 Å². The Kier molecular flexibility index (Phi) is 4.51. The van der Waals surface area contributed by atoms with E-state index in [9.17, 15) is 4.79 Å². The molecule has 1 unspecified atom stereocenters. The van der Waals surface area contributed by atoms with E-state index in [0.29, 0.717) is 0 Å². The van der Waals surface area contributed by atoms with Crippen LogP contribution in [0.15, 0.2) is 0 Å². The monoisotopic (exact) mass is 267 g/mol. The molecule has 4 heteroatoms. The summed E-state index contributed by atoms with van der Waals surface area (Å²) in [5, 5.41) is 6.65. The second kappa shape index (κ2) is 5.80. The fourth-order valence-corrected chi connectivity index (χ4v) is 3.69. The summed E-state index contributed by atoms with van der Waals surface area (Å²) in [6.07, 6.45) is 7.94. The minimum Gasteiger partial charge on any atom is -0.353 e. The minimum atomic E-state index is -0.299. The van der Waals surface area contributed by atoms with Crippen LogP contribution in [0.1, 0.15) is 51.9 Å². The van der Waals surface area contributed by atoms with E-state index >= 15 is 0 Å². The maximum absolute atomic E-state index is 12.5. The Morgan fingerprint density at radius 1 is 1.21 bits per heavy atom. The van der Waals surface area contributed by atoms with Crippen LogP contribution < -0.4 is 10.6 Å². The Morgan fingerprint density at radius 2 is 1.89 bits per heavy atom. The van der Waals surface area contributed by atoms with Crippen LogP contribution in [0.5, 0.6) is 0 Å². The molecular formula is C15H29N3O. The molecule has 2 aliphatic rings. The second-order valence-corrected chi connectivity index (χ2v) is 6.47. The average molecular weight is 267 g/mol. The van der Waals surface area contributed by atoms with Crippen molar-refractivity contribution >= 4 is 5.91 Å². The number of rotatable bonds is 5. The third-order valence-corrected chi connectivity index (χ3v) is 5.34. The molecule has 1 amide bonds. The molecule has 2 N–H and O–H groups in total. The molecule has 0 aromatic heterocycles. The summed E-state index contributed by atoms with van der Waals surface area (Å²) < 4.78 is 0. The van der Waals surface area contributed by atoms with E-state index in [1.54, 1.807) is 0 Å². The maximum Gasteiger partial charge on any atom is 0.240 e. The lowest BCUT2D eigenvalue weighted by Crippen LogP contribution is -2.58. The first-order chi connectivity index (χ1) is 9.05. The first-order valence-corrected chi connectivity index (χ1v) is 7.75. The summed E-state index contributed by atoms with van der Waals surface area (Å²) in [4.78, 5) is 14.8. The van der Waals surface area contributed by atoms with E-state index < -0.39 is 0 Å². The summed E-state index contributed by atoms with van der Waals surface area (Å²) >= 11 is 0. The highest BCUT2D eigenvalue weighted by Gasteiger charge is 2.41. The van der Waals surface area contributed by atoms with E-state index in [1.807, 2.05) is 0 Å². The maximum atomic E-state index is 12.5. The topological polar surface area (TPSA) is 44.4 Å². The van der Waals surface area contributed by atoms with Gasteiger partial charge < -0.3 is 15.5 Å². The van der Waals surface area contributed by atoms with Gasteiger partial charge in [-0.2, -0.15) is 0 Å². The van der Waals surface area contributed by atoms with Crippen LogP contribution >= 0.6 is 0 Å². The van der Waals surface area contributed by atoms with Crippen LogP contribution in [0, 0.1) is 0 Å². The number of likely N-dealkylation sites (N-methyl/N-ethyl adjacent to an activating group) is 1. The SMILES string of the molecule is CCC1(C(=O)NCC2(N(C)C)CCCC2)CCCN1. The van der Waals surface area contributed by atoms with Gasteiger partial charge in [0, 0.05) is 12.1 Å². The van der Waals surface area contributed by atoms with Crippen LogP contribution in [0.25, 0.3) is 0 Å². The fraction of sp³-hybridized carbons (Fsp3) is 0.933. The molecule has 19 heavy (non-hydrogen) atoms. The lowest BCUT2D eigenvalue weighted by molar-refractivity contribution is -0.127. The number of amides is 1. The third kappa shape index (κ3) is 2.79. The Hall–Kier alpha value is -0.610. The van der Waals surface area contributed by atoms with Gasteiger partial charge in [-0.25, -0.2) is 0 Å². The van der Waals surface area contributed by atoms with E-state index in [2.05, 4.69) is 36.6 Å². The number of carbonyl (C=O) groups is 1. The van der Waals surface area contributed by atoms with Gasteiger partial charge in [-0.15, -0.1) is 0 Å². The van der Waals surface area contributed by atoms with Crippen molar-refractivity contribution in [3.8, 4) is 0 Å². The van der Waals surface area contributed by atoms with Crippen LogP contribution in [0.4, 0.5) is 0 Å². The van der Waals surface area contributed by atoms with Gasteiger partial charge in [0.1, 0.15) is 0 Å². The van der Waals surface area contributed by atoms with Gasteiger partial charge in [0.05, 0.1) is 5.54 Å². The second-order valence-electron chi connectivity index (χ2n) is 6.47. The molecule has 1 aliphatic heterocycles. The van der Waals surface area contributed by atoms with Crippen LogP contribution in [-0.2, 0) is 4.79 Å². The summed E-state index contributed by atoms with van der Waals surface area (Å²) in [5.74, 6) is 0.209. The third-order valence-electron chi connectivity index (χ3n) is 5.34. The molecule has 1 saturated heterocycles. The normalized spacial score (nSPS) is 29.9. The van der Waals surface area contributed by atoms with Crippen molar-refractivity contribution in [2.24, 2.45) is 0 Å². The number of hydrogen-bond acceptors (Lipinski definition) is 3. The van der Waals surface area contributed by atoms with Crippen LogP contribution in [0.2, 0.25) is 0 Å². The molecule has 1 atom stereocenters. The lowest BCUT2D eigenvalue weighted by atomic mass is 9.91. The Bertz CT molecular complexity index is 315. The summed E-state index contributed by atoms with van der Waals surface area (Å²) in [5.41, 5.74) is -0.116. The smallest absolute Gasteiger partial charge is 0.240 e. The first kappa shape index (κ1) is 14.8. The number of hydrogen-bond donors (Lipinski definition) is 2. The molecule has 0 spiro atoms. The van der Waals surface area contributed by atoms with Gasteiger partial charge in [-0.05, 0) is 52.7 Å². The molecule has 4 nitrogen and oxygen atoms in total. The largest absolute Gasteiger partial charge is 0.353 e. The number of nitrogens with one attached hydrogen (secondary N) is 2. The quantitative estimate of drug-likeness (QED) is 0.793. The van der Waals surface area contributed by atoms with Crippen molar-refractivity contribution in [1.29, 1.82) is 0 Å². The molecule has 0 aromatic rings. The molecule has 1 saturated carbocycles. The average Bonchev–Trinajstić information content (AvgIpc) is 3.06. The van der Waals surface area contributed by atoms with Crippen molar-refractivity contribution in [1.82, 2.24) is 15.5 Å². The van der Waals surface area contributed by atoms with Crippen molar-refractivity contribution in [2.75, 3.05) is 27.2 Å². The zero-order valence-corrected chi connectivity index (χ0v) is 12.7. The summed E-state index contributed by atoms with van der Waals surface area (Å²) in [7, 11) is 4.28. The zero-order valence-electron chi connectivity index (χ0n) is 12.7.